The zero-order chi connectivity index (χ0) is 14.7. The van der Waals surface area contributed by atoms with Crippen LogP contribution in [0.1, 0.15) is 20.7 Å². The second-order valence-corrected chi connectivity index (χ2v) is 6.01. The second kappa shape index (κ2) is 6.36. The van der Waals surface area contributed by atoms with E-state index in [4.69, 9.17) is 5.11 Å². The zero-order valence-corrected chi connectivity index (χ0v) is 13.8. The molecule has 0 unspecified atom stereocenters. The summed E-state index contributed by atoms with van der Waals surface area (Å²) in [5.74, 6) is -1.43. The highest BCUT2D eigenvalue weighted by Crippen LogP contribution is 2.22. The van der Waals surface area contributed by atoms with E-state index in [-0.39, 0.29) is 17.2 Å². The quantitative estimate of drug-likeness (QED) is 0.701. The van der Waals surface area contributed by atoms with E-state index < -0.39 is 5.97 Å². The molecule has 6 heteroatoms. The fourth-order valence-electron chi connectivity index (χ4n) is 1.64. The summed E-state index contributed by atoms with van der Waals surface area (Å²) >= 11 is 5.27. The molecule has 0 atom stereocenters. The molecule has 0 saturated carbocycles. The fraction of sp³-hybridized carbons (Fsp3) is 0. The van der Waals surface area contributed by atoms with Crippen LogP contribution in [0.15, 0.2) is 46.9 Å². The summed E-state index contributed by atoms with van der Waals surface area (Å²) in [6.07, 6.45) is 0. The number of hydrogen-bond donors (Lipinski definition) is 2. The Morgan fingerprint density at radius 1 is 1.10 bits per heavy atom. The van der Waals surface area contributed by atoms with Gasteiger partial charge in [0.1, 0.15) is 0 Å². The molecule has 1 amide bonds. The largest absolute Gasteiger partial charge is 0.478 e. The SMILES string of the molecule is O=C(Nc1ccc(Br)cc1C(=O)O)c1ccccc1I. The number of carbonyl (C=O) groups is 2. The van der Waals surface area contributed by atoms with Gasteiger partial charge in [-0.15, -0.1) is 0 Å². The lowest BCUT2D eigenvalue weighted by Crippen LogP contribution is -2.15. The average Bonchev–Trinajstić information content (AvgIpc) is 2.41. The lowest BCUT2D eigenvalue weighted by atomic mass is 10.1. The Morgan fingerprint density at radius 2 is 1.80 bits per heavy atom. The fourth-order valence-corrected chi connectivity index (χ4v) is 2.63. The van der Waals surface area contributed by atoms with Gasteiger partial charge in [0.25, 0.3) is 5.91 Å². The number of halogens is 2. The average molecular weight is 446 g/mol. The van der Waals surface area contributed by atoms with Gasteiger partial charge in [-0.25, -0.2) is 4.79 Å². The highest BCUT2D eigenvalue weighted by molar-refractivity contribution is 14.1. The molecular weight excluding hydrogens is 437 g/mol. The van der Waals surface area contributed by atoms with Crippen LogP contribution in [-0.4, -0.2) is 17.0 Å². The number of carboxylic acids is 1. The summed E-state index contributed by atoms with van der Waals surface area (Å²) in [7, 11) is 0. The highest BCUT2D eigenvalue weighted by Gasteiger charge is 2.15. The molecule has 2 aromatic rings. The maximum atomic E-state index is 12.2. The monoisotopic (exact) mass is 445 g/mol. The molecule has 102 valence electrons. The van der Waals surface area contributed by atoms with E-state index in [0.717, 1.165) is 3.57 Å². The first kappa shape index (κ1) is 15.0. The van der Waals surface area contributed by atoms with Crippen molar-refractivity contribution in [1.82, 2.24) is 0 Å². The number of nitrogens with one attached hydrogen (secondary N) is 1. The predicted molar refractivity (Wildman–Crippen MR) is 88.2 cm³/mol. The van der Waals surface area contributed by atoms with E-state index in [9.17, 15) is 9.59 Å². The number of anilines is 1. The highest BCUT2D eigenvalue weighted by atomic mass is 127. The van der Waals surface area contributed by atoms with Crippen molar-refractivity contribution < 1.29 is 14.7 Å². The minimum atomic E-state index is -1.09. The normalized spacial score (nSPS) is 10.1. The molecule has 0 aromatic heterocycles. The van der Waals surface area contributed by atoms with Crippen LogP contribution in [0.5, 0.6) is 0 Å². The van der Waals surface area contributed by atoms with Crippen molar-refractivity contribution in [3.05, 3.63) is 61.6 Å². The van der Waals surface area contributed by atoms with E-state index in [0.29, 0.717) is 10.0 Å². The van der Waals surface area contributed by atoms with Crippen LogP contribution in [-0.2, 0) is 0 Å². The minimum Gasteiger partial charge on any atom is -0.478 e. The predicted octanol–water partition coefficient (Wildman–Crippen LogP) is 4.00. The number of aromatic carboxylic acids is 1. The maximum Gasteiger partial charge on any atom is 0.337 e. The summed E-state index contributed by atoms with van der Waals surface area (Å²) in [5.41, 5.74) is 0.816. The van der Waals surface area contributed by atoms with Crippen molar-refractivity contribution >= 4 is 56.1 Å². The van der Waals surface area contributed by atoms with E-state index in [2.05, 4.69) is 43.8 Å². The van der Waals surface area contributed by atoms with Gasteiger partial charge in [0.2, 0.25) is 0 Å². The van der Waals surface area contributed by atoms with Gasteiger partial charge in [-0.2, -0.15) is 0 Å². The molecule has 0 aliphatic carbocycles. The summed E-state index contributed by atoms with van der Waals surface area (Å²) in [4.78, 5) is 23.4. The molecule has 0 bridgehead atoms. The van der Waals surface area contributed by atoms with E-state index in [1.54, 1.807) is 24.3 Å². The van der Waals surface area contributed by atoms with Crippen molar-refractivity contribution in [2.45, 2.75) is 0 Å². The van der Waals surface area contributed by atoms with Crippen LogP contribution >= 0.6 is 38.5 Å². The number of carboxylic acid groups (broad SMARTS) is 1. The van der Waals surface area contributed by atoms with Crippen molar-refractivity contribution in [3.8, 4) is 0 Å². The third-order valence-electron chi connectivity index (χ3n) is 2.58. The van der Waals surface area contributed by atoms with Crippen LogP contribution in [0.3, 0.4) is 0 Å². The molecule has 0 fully saturated rings. The Balaban J connectivity index is 2.33. The smallest absolute Gasteiger partial charge is 0.337 e. The topological polar surface area (TPSA) is 66.4 Å². The van der Waals surface area contributed by atoms with Gasteiger partial charge in [-0.05, 0) is 52.9 Å². The summed E-state index contributed by atoms with van der Waals surface area (Å²) in [5, 5.41) is 11.8. The molecule has 4 nitrogen and oxygen atoms in total. The summed E-state index contributed by atoms with van der Waals surface area (Å²) in [6, 6.07) is 11.8. The van der Waals surface area contributed by atoms with Gasteiger partial charge < -0.3 is 10.4 Å². The third-order valence-corrected chi connectivity index (χ3v) is 4.01. The van der Waals surface area contributed by atoms with E-state index in [1.165, 1.54) is 6.07 Å². The molecule has 2 N–H and O–H groups in total. The number of benzene rings is 2. The standard InChI is InChI=1S/C14H9BrINO3/c15-8-5-6-12(10(7-8)14(19)20)17-13(18)9-3-1-2-4-11(9)16/h1-7H,(H,17,18)(H,19,20). The minimum absolute atomic E-state index is 0.0404. The molecule has 0 spiro atoms. The Kier molecular flexibility index (Phi) is 4.77. The van der Waals surface area contributed by atoms with Gasteiger partial charge >= 0.3 is 5.97 Å². The van der Waals surface area contributed by atoms with Gasteiger partial charge in [-0.3, -0.25) is 4.79 Å². The van der Waals surface area contributed by atoms with Crippen LogP contribution in [0.4, 0.5) is 5.69 Å². The number of carbonyl (C=O) groups excluding carboxylic acids is 1. The zero-order valence-electron chi connectivity index (χ0n) is 10.1. The molecule has 0 aliphatic rings. The lowest BCUT2D eigenvalue weighted by molar-refractivity contribution is 0.0698. The molecule has 0 saturated heterocycles. The summed E-state index contributed by atoms with van der Waals surface area (Å²) in [6.45, 7) is 0. The van der Waals surface area contributed by atoms with Crippen molar-refractivity contribution in [1.29, 1.82) is 0 Å². The third kappa shape index (κ3) is 3.37. The Hall–Kier alpha value is -1.41. The van der Waals surface area contributed by atoms with Crippen LogP contribution < -0.4 is 5.32 Å². The van der Waals surface area contributed by atoms with Gasteiger partial charge in [0, 0.05) is 8.04 Å². The summed E-state index contributed by atoms with van der Waals surface area (Å²) < 4.78 is 1.44. The first-order valence-electron chi connectivity index (χ1n) is 5.58. The molecule has 0 heterocycles. The molecule has 0 radical (unpaired) electrons. The first-order chi connectivity index (χ1) is 9.49. The van der Waals surface area contributed by atoms with E-state index >= 15 is 0 Å². The van der Waals surface area contributed by atoms with Gasteiger partial charge in [0.15, 0.2) is 0 Å². The number of rotatable bonds is 3. The first-order valence-corrected chi connectivity index (χ1v) is 7.45. The molecular formula is C14H9BrINO3. The lowest BCUT2D eigenvalue weighted by Gasteiger charge is -2.10. The van der Waals surface area contributed by atoms with Crippen LogP contribution in [0.2, 0.25) is 0 Å². The van der Waals surface area contributed by atoms with Crippen LogP contribution in [0.25, 0.3) is 0 Å². The second-order valence-electron chi connectivity index (χ2n) is 3.93. The van der Waals surface area contributed by atoms with Crippen molar-refractivity contribution in [3.63, 3.8) is 0 Å². The number of amides is 1. The van der Waals surface area contributed by atoms with E-state index in [1.807, 2.05) is 12.1 Å². The number of hydrogen-bond acceptors (Lipinski definition) is 2. The Morgan fingerprint density at radius 3 is 2.45 bits per heavy atom. The van der Waals surface area contributed by atoms with Crippen LogP contribution in [0, 0.1) is 3.57 Å². The molecule has 20 heavy (non-hydrogen) atoms. The maximum absolute atomic E-state index is 12.2. The molecule has 2 aromatic carbocycles. The Bertz CT molecular complexity index is 688. The molecule has 2 rings (SSSR count). The van der Waals surface area contributed by atoms with Crippen molar-refractivity contribution in [2.24, 2.45) is 0 Å². The molecule has 0 aliphatic heterocycles. The van der Waals surface area contributed by atoms with Gasteiger partial charge in [-0.1, -0.05) is 28.1 Å². The van der Waals surface area contributed by atoms with Gasteiger partial charge in [0.05, 0.1) is 16.8 Å². The van der Waals surface area contributed by atoms with Crippen molar-refractivity contribution in [2.75, 3.05) is 5.32 Å². The Labute approximate surface area is 137 Å².